The van der Waals surface area contributed by atoms with E-state index in [1.165, 1.54) is 48.9 Å². The van der Waals surface area contributed by atoms with E-state index >= 15 is 0 Å². The Labute approximate surface area is 116 Å². The highest BCUT2D eigenvalue weighted by Crippen LogP contribution is 2.25. The molecule has 4 heteroatoms. The van der Waals surface area contributed by atoms with Gasteiger partial charge in [0.1, 0.15) is 0 Å². The second-order valence-electron chi connectivity index (χ2n) is 5.64. The van der Waals surface area contributed by atoms with E-state index in [9.17, 15) is 0 Å². The Morgan fingerprint density at radius 1 is 1.22 bits per heavy atom. The second-order valence-corrected chi connectivity index (χ2v) is 7.46. The van der Waals surface area contributed by atoms with Gasteiger partial charge in [-0.25, -0.2) is 0 Å². The van der Waals surface area contributed by atoms with Crippen LogP contribution >= 0.6 is 0 Å². The summed E-state index contributed by atoms with van der Waals surface area (Å²) in [5, 5.41) is 3.86. The maximum atomic E-state index is 5.97. The fourth-order valence-corrected chi connectivity index (χ4v) is 3.59. The van der Waals surface area contributed by atoms with Gasteiger partial charge >= 0.3 is 0 Å². The first kappa shape index (κ1) is 16.2. The Morgan fingerprint density at radius 3 is 2.61 bits per heavy atom. The van der Waals surface area contributed by atoms with Crippen molar-refractivity contribution >= 4 is 10.2 Å². The van der Waals surface area contributed by atoms with Gasteiger partial charge in [-0.05, 0) is 51.7 Å². The van der Waals surface area contributed by atoms with Crippen LogP contribution in [0.15, 0.2) is 0 Å². The van der Waals surface area contributed by atoms with Gasteiger partial charge in [-0.3, -0.25) is 0 Å². The summed E-state index contributed by atoms with van der Waals surface area (Å²) in [4.78, 5) is 2.46. The lowest BCUT2D eigenvalue weighted by Gasteiger charge is -2.34. The molecule has 18 heavy (non-hydrogen) atoms. The molecule has 1 aliphatic heterocycles. The molecule has 0 aromatic heterocycles. The molecule has 1 fully saturated rings. The zero-order valence-electron chi connectivity index (χ0n) is 12.6. The van der Waals surface area contributed by atoms with Crippen molar-refractivity contribution in [2.24, 2.45) is 0 Å². The normalized spacial score (nSPS) is 24.8. The average molecular weight is 273 g/mol. The lowest BCUT2D eigenvalue weighted by molar-refractivity contribution is -0.0235. The molecule has 0 aromatic carbocycles. The predicted molar refractivity (Wildman–Crippen MR) is 82.4 cm³/mol. The first-order chi connectivity index (χ1) is 8.70. The van der Waals surface area contributed by atoms with E-state index < -0.39 is 0 Å². The summed E-state index contributed by atoms with van der Waals surface area (Å²) in [5.74, 6) is 0. The molecule has 0 aliphatic carbocycles. The standard InChI is InChI=1S/C14H32N2OSi/c1-3-16(4-2)12-11-15-10-7-9-14(18)8-5-6-13-17-14/h15H,3-13H2,1-2,18H3. The number of rotatable bonds is 9. The largest absolute Gasteiger partial charge is 0.380 e. The third-order valence-electron chi connectivity index (χ3n) is 4.11. The second kappa shape index (κ2) is 9.07. The lowest BCUT2D eigenvalue weighted by Crippen LogP contribution is -2.38. The summed E-state index contributed by atoms with van der Waals surface area (Å²) in [7, 11) is 1.19. The van der Waals surface area contributed by atoms with Crippen LogP contribution in [0.3, 0.4) is 0 Å². The zero-order chi connectivity index (χ0) is 13.3. The Morgan fingerprint density at radius 2 is 2.00 bits per heavy atom. The molecule has 0 aromatic rings. The number of hydrogen-bond donors (Lipinski definition) is 1. The van der Waals surface area contributed by atoms with Crippen molar-refractivity contribution in [3.63, 3.8) is 0 Å². The SMILES string of the molecule is CCN(CC)CCNCCCC1([SiH3])CCCCO1. The first-order valence-corrected chi connectivity index (χ1v) is 8.77. The number of hydrogen-bond acceptors (Lipinski definition) is 3. The van der Waals surface area contributed by atoms with E-state index in [4.69, 9.17) is 4.74 Å². The average Bonchev–Trinajstić information content (AvgIpc) is 2.39. The molecule has 0 spiro atoms. The number of nitrogens with one attached hydrogen (secondary N) is 1. The van der Waals surface area contributed by atoms with Gasteiger partial charge in [-0.2, -0.15) is 0 Å². The van der Waals surface area contributed by atoms with E-state index in [1.54, 1.807) is 0 Å². The molecule has 1 unspecified atom stereocenters. The molecule has 108 valence electrons. The number of ether oxygens (including phenoxy) is 1. The van der Waals surface area contributed by atoms with Crippen molar-refractivity contribution in [3.05, 3.63) is 0 Å². The van der Waals surface area contributed by atoms with Crippen molar-refractivity contribution in [2.45, 2.75) is 51.2 Å². The molecule has 0 bridgehead atoms. The van der Waals surface area contributed by atoms with Crippen LogP contribution in [0.1, 0.15) is 46.0 Å². The van der Waals surface area contributed by atoms with Gasteiger partial charge in [0.25, 0.3) is 0 Å². The van der Waals surface area contributed by atoms with Crippen LogP contribution in [-0.2, 0) is 4.74 Å². The Hall–Kier alpha value is 0.0969. The van der Waals surface area contributed by atoms with Crippen LogP contribution in [-0.4, -0.2) is 59.7 Å². The molecule has 1 saturated heterocycles. The molecule has 3 nitrogen and oxygen atoms in total. The Kier molecular flexibility index (Phi) is 8.14. The molecule has 0 radical (unpaired) electrons. The van der Waals surface area contributed by atoms with Crippen molar-refractivity contribution < 1.29 is 4.74 Å². The summed E-state index contributed by atoms with van der Waals surface area (Å²) in [6.45, 7) is 11.2. The van der Waals surface area contributed by atoms with Crippen molar-refractivity contribution in [1.82, 2.24) is 10.2 Å². The van der Waals surface area contributed by atoms with E-state index in [2.05, 4.69) is 24.1 Å². The summed E-state index contributed by atoms with van der Waals surface area (Å²) in [6, 6.07) is 0. The summed E-state index contributed by atoms with van der Waals surface area (Å²) in [6.07, 6.45) is 6.48. The maximum Gasteiger partial charge on any atom is 0.0486 e. The van der Waals surface area contributed by atoms with E-state index in [-0.39, 0.29) is 0 Å². The van der Waals surface area contributed by atoms with Gasteiger partial charge in [0, 0.05) is 35.2 Å². The van der Waals surface area contributed by atoms with Gasteiger partial charge < -0.3 is 15.0 Å². The van der Waals surface area contributed by atoms with Crippen molar-refractivity contribution in [3.8, 4) is 0 Å². The maximum absolute atomic E-state index is 5.97. The smallest absolute Gasteiger partial charge is 0.0486 e. The third kappa shape index (κ3) is 6.32. The Bertz CT molecular complexity index is 204. The molecular formula is C14H32N2OSi. The van der Waals surface area contributed by atoms with Crippen LogP contribution in [0.25, 0.3) is 0 Å². The topological polar surface area (TPSA) is 24.5 Å². The molecule has 1 heterocycles. The van der Waals surface area contributed by atoms with Crippen molar-refractivity contribution in [2.75, 3.05) is 39.3 Å². The highest BCUT2D eigenvalue weighted by atomic mass is 28.1. The summed E-state index contributed by atoms with van der Waals surface area (Å²) >= 11 is 0. The fraction of sp³-hybridized carbons (Fsp3) is 1.00. The molecule has 1 atom stereocenters. The third-order valence-corrected chi connectivity index (χ3v) is 5.40. The van der Waals surface area contributed by atoms with Crippen LogP contribution in [0.4, 0.5) is 0 Å². The highest BCUT2D eigenvalue weighted by Gasteiger charge is 2.26. The quantitative estimate of drug-likeness (QED) is 0.500. The van der Waals surface area contributed by atoms with Gasteiger partial charge in [-0.15, -0.1) is 0 Å². The molecule has 1 N–H and O–H groups in total. The molecule has 1 rings (SSSR count). The minimum Gasteiger partial charge on any atom is -0.380 e. The van der Waals surface area contributed by atoms with Crippen LogP contribution in [0, 0.1) is 0 Å². The van der Waals surface area contributed by atoms with Crippen LogP contribution < -0.4 is 5.32 Å². The minimum absolute atomic E-state index is 0.304. The van der Waals surface area contributed by atoms with E-state index in [0.29, 0.717) is 5.22 Å². The molecule has 0 amide bonds. The predicted octanol–water partition coefficient (Wildman–Crippen LogP) is 0.960. The number of nitrogens with zero attached hydrogens (tertiary/aromatic N) is 1. The van der Waals surface area contributed by atoms with Crippen molar-refractivity contribution in [1.29, 1.82) is 0 Å². The lowest BCUT2D eigenvalue weighted by atomic mass is 10.0. The fourth-order valence-electron chi connectivity index (χ4n) is 2.68. The van der Waals surface area contributed by atoms with Crippen LogP contribution in [0.2, 0.25) is 0 Å². The van der Waals surface area contributed by atoms with Gasteiger partial charge in [0.15, 0.2) is 0 Å². The summed E-state index contributed by atoms with van der Waals surface area (Å²) in [5.41, 5.74) is 0. The van der Waals surface area contributed by atoms with Crippen LogP contribution in [0.5, 0.6) is 0 Å². The van der Waals surface area contributed by atoms with Gasteiger partial charge in [-0.1, -0.05) is 13.8 Å². The molecule has 0 saturated carbocycles. The van der Waals surface area contributed by atoms with Gasteiger partial charge in [0.05, 0.1) is 0 Å². The monoisotopic (exact) mass is 272 g/mol. The molecular weight excluding hydrogens is 240 g/mol. The summed E-state index contributed by atoms with van der Waals surface area (Å²) < 4.78 is 5.97. The first-order valence-electron chi connectivity index (χ1n) is 7.77. The Balaban J connectivity index is 1.98. The number of likely N-dealkylation sites (N-methyl/N-ethyl adjacent to an activating group) is 1. The van der Waals surface area contributed by atoms with E-state index in [1.807, 2.05) is 0 Å². The molecule has 1 aliphatic rings. The zero-order valence-corrected chi connectivity index (χ0v) is 14.6. The minimum atomic E-state index is 0.304. The highest BCUT2D eigenvalue weighted by molar-refractivity contribution is 6.14. The van der Waals surface area contributed by atoms with E-state index in [0.717, 1.165) is 32.8 Å². The van der Waals surface area contributed by atoms with Gasteiger partial charge in [0.2, 0.25) is 0 Å².